The molecule has 5 nitrogen and oxygen atoms in total. The molecule has 3 N–H and O–H groups in total. The number of anilines is 1. The van der Waals surface area contributed by atoms with Gasteiger partial charge in [-0.25, -0.2) is 0 Å². The Labute approximate surface area is 135 Å². The average molecular weight is 311 g/mol. The van der Waals surface area contributed by atoms with Gasteiger partial charge in [0.2, 0.25) is 0 Å². The van der Waals surface area contributed by atoms with E-state index in [0.717, 1.165) is 11.1 Å². The number of aryl methyl sites for hydroxylation is 1. The van der Waals surface area contributed by atoms with Crippen LogP contribution in [0.5, 0.6) is 5.75 Å². The van der Waals surface area contributed by atoms with Gasteiger partial charge in [0.15, 0.2) is 0 Å². The number of phenolic OH excluding ortho intramolecular Hbond substituents is 1. The first-order valence-electron chi connectivity index (χ1n) is 7.67. The Bertz CT molecular complexity index is 748. The van der Waals surface area contributed by atoms with Crippen LogP contribution in [0.25, 0.3) is 17.3 Å². The van der Waals surface area contributed by atoms with Gasteiger partial charge in [-0.05, 0) is 56.0 Å². The molecule has 0 atom stereocenters. The standard InChI is InChI=1S/C18H21N3O2/c1-4-12-5-6-14(15(22)8-12)17-11(2)7-16(20-21-17)19-13-9-18(3,23)10-13/h4-8,13,22-23H,1,9-10H2,2-3H3,(H,19,20). The number of hydrogen-bond acceptors (Lipinski definition) is 5. The second-order valence-corrected chi connectivity index (χ2v) is 6.49. The molecule has 1 aliphatic rings. The third kappa shape index (κ3) is 3.19. The van der Waals surface area contributed by atoms with Crippen LogP contribution in [-0.2, 0) is 0 Å². The van der Waals surface area contributed by atoms with E-state index in [1.807, 2.05) is 32.0 Å². The minimum Gasteiger partial charge on any atom is -0.507 e. The zero-order chi connectivity index (χ0) is 16.6. The van der Waals surface area contributed by atoms with Crippen LogP contribution in [0.1, 0.15) is 30.9 Å². The summed E-state index contributed by atoms with van der Waals surface area (Å²) < 4.78 is 0. The molecule has 2 aromatic rings. The van der Waals surface area contributed by atoms with Crippen molar-refractivity contribution in [3.05, 3.63) is 42.0 Å². The summed E-state index contributed by atoms with van der Waals surface area (Å²) in [4.78, 5) is 0. The van der Waals surface area contributed by atoms with E-state index in [1.165, 1.54) is 0 Å². The third-order valence-electron chi connectivity index (χ3n) is 4.22. The summed E-state index contributed by atoms with van der Waals surface area (Å²) in [6, 6.07) is 7.50. The van der Waals surface area contributed by atoms with Gasteiger partial charge in [-0.3, -0.25) is 0 Å². The van der Waals surface area contributed by atoms with E-state index in [2.05, 4.69) is 22.1 Å². The first-order chi connectivity index (χ1) is 10.9. The molecule has 0 bridgehead atoms. The molecule has 5 heteroatoms. The lowest BCUT2D eigenvalue weighted by atomic mass is 9.77. The molecule has 1 fully saturated rings. The topological polar surface area (TPSA) is 78.3 Å². The minimum atomic E-state index is -0.571. The van der Waals surface area contributed by atoms with Gasteiger partial charge < -0.3 is 15.5 Å². The minimum absolute atomic E-state index is 0.163. The number of benzene rings is 1. The smallest absolute Gasteiger partial charge is 0.149 e. The van der Waals surface area contributed by atoms with Crippen molar-refractivity contribution in [2.24, 2.45) is 0 Å². The maximum Gasteiger partial charge on any atom is 0.149 e. The molecule has 0 radical (unpaired) electrons. The predicted octanol–water partition coefficient (Wildman–Crippen LogP) is 3.13. The Morgan fingerprint density at radius 3 is 2.61 bits per heavy atom. The fraction of sp³-hybridized carbons (Fsp3) is 0.333. The average Bonchev–Trinajstić information content (AvgIpc) is 2.46. The monoisotopic (exact) mass is 311 g/mol. The van der Waals surface area contributed by atoms with Gasteiger partial charge in [-0.1, -0.05) is 18.7 Å². The summed E-state index contributed by atoms with van der Waals surface area (Å²) in [5, 5.41) is 31.7. The van der Waals surface area contributed by atoms with Crippen LogP contribution >= 0.6 is 0 Å². The molecule has 1 saturated carbocycles. The van der Waals surface area contributed by atoms with Crippen LogP contribution in [0.15, 0.2) is 30.8 Å². The normalized spacial score (nSPS) is 23.2. The van der Waals surface area contributed by atoms with Gasteiger partial charge in [-0.15, -0.1) is 10.2 Å². The summed E-state index contributed by atoms with van der Waals surface area (Å²) in [5.74, 6) is 0.851. The lowest BCUT2D eigenvalue weighted by Gasteiger charge is -2.41. The van der Waals surface area contributed by atoms with E-state index >= 15 is 0 Å². The maximum absolute atomic E-state index is 10.2. The van der Waals surface area contributed by atoms with Crippen LogP contribution in [0.4, 0.5) is 5.82 Å². The van der Waals surface area contributed by atoms with Gasteiger partial charge in [-0.2, -0.15) is 0 Å². The van der Waals surface area contributed by atoms with Crippen LogP contribution < -0.4 is 5.32 Å². The number of hydrogen-bond donors (Lipinski definition) is 3. The summed E-state index contributed by atoms with van der Waals surface area (Å²) in [6.07, 6.45) is 3.10. The highest BCUT2D eigenvalue weighted by molar-refractivity contribution is 5.72. The summed E-state index contributed by atoms with van der Waals surface area (Å²) in [7, 11) is 0. The van der Waals surface area contributed by atoms with Gasteiger partial charge in [0.05, 0.1) is 11.3 Å². The van der Waals surface area contributed by atoms with Crippen molar-refractivity contribution >= 4 is 11.9 Å². The molecule has 0 aliphatic heterocycles. The number of aromatic hydroxyl groups is 1. The molecule has 3 rings (SSSR count). The zero-order valence-corrected chi connectivity index (χ0v) is 13.4. The fourth-order valence-electron chi connectivity index (χ4n) is 3.01. The number of aromatic nitrogens is 2. The van der Waals surface area contributed by atoms with Gasteiger partial charge in [0.1, 0.15) is 11.6 Å². The molecule has 0 amide bonds. The Morgan fingerprint density at radius 2 is 2.04 bits per heavy atom. The highest BCUT2D eigenvalue weighted by Gasteiger charge is 2.38. The number of phenols is 1. The molecule has 1 aliphatic carbocycles. The molecule has 0 spiro atoms. The van der Waals surface area contributed by atoms with Crippen molar-refractivity contribution in [3.8, 4) is 17.0 Å². The molecular weight excluding hydrogens is 290 g/mol. The van der Waals surface area contributed by atoms with Crippen molar-refractivity contribution in [2.45, 2.75) is 38.3 Å². The van der Waals surface area contributed by atoms with Crippen LogP contribution in [0.3, 0.4) is 0 Å². The van der Waals surface area contributed by atoms with E-state index in [0.29, 0.717) is 29.9 Å². The number of aliphatic hydroxyl groups is 1. The highest BCUT2D eigenvalue weighted by Crippen LogP contribution is 2.34. The first-order valence-corrected chi connectivity index (χ1v) is 7.67. The van der Waals surface area contributed by atoms with Gasteiger partial charge in [0.25, 0.3) is 0 Å². The second kappa shape index (κ2) is 5.66. The molecular formula is C18H21N3O2. The van der Waals surface area contributed by atoms with E-state index in [9.17, 15) is 10.2 Å². The van der Waals surface area contributed by atoms with Crippen LogP contribution in [0, 0.1) is 6.92 Å². The van der Waals surface area contributed by atoms with Crippen molar-refractivity contribution in [1.82, 2.24) is 10.2 Å². The van der Waals surface area contributed by atoms with E-state index in [-0.39, 0.29) is 11.8 Å². The largest absolute Gasteiger partial charge is 0.507 e. The lowest BCUT2D eigenvalue weighted by molar-refractivity contribution is -0.0235. The zero-order valence-electron chi connectivity index (χ0n) is 13.4. The Kier molecular flexibility index (Phi) is 3.82. The third-order valence-corrected chi connectivity index (χ3v) is 4.22. The predicted molar refractivity (Wildman–Crippen MR) is 91.2 cm³/mol. The molecule has 1 heterocycles. The van der Waals surface area contributed by atoms with E-state index in [4.69, 9.17) is 0 Å². The Hall–Kier alpha value is -2.40. The number of nitrogens with one attached hydrogen (secondary N) is 1. The fourth-order valence-corrected chi connectivity index (χ4v) is 3.01. The Balaban J connectivity index is 1.81. The van der Waals surface area contributed by atoms with Gasteiger partial charge in [0, 0.05) is 11.6 Å². The molecule has 120 valence electrons. The van der Waals surface area contributed by atoms with Crippen molar-refractivity contribution < 1.29 is 10.2 Å². The van der Waals surface area contributed by atoms with E-state index < -0.39 is 5.60 Å². The summed E-state index contributed by atoms with van der Waals surface area (Å²) >= 11 is 0. The van der Waals surface area contributed by atoms with Crippen molar-refractivity contribution in [3.63, 3.8) is 0 Å². The SMILES string of the molecule is C=Cc1ccc(-c2nnc(NC3CC(C)(O)C3)cc2C)c(O)c1. The van der Waals surface area contributed by atoms with Gasteiger partial charge >= 0.3 is 0 Å². The summed E-state index contributed by atoms with van der Waals surface area (Å²) in [6.45, 7) is 7.46. The summed E-state index contributed by atoms with van der Waals surface area (Å²) in [5.41, 5.74) is 2.52. The molecule has 0 unspecified atom stereocenters. The molecule has 1 aromatic heterocycles. The molecule has 1 aromatic carbocycles. The lowest BCUT2D eigenvalue weighted by Crippen LogP contribution is -2.48. The maximum atomic E-state index is 10.2. The van der Waals surface area contributed by atoms with Crippen LogP contribution in [0.2, 0.25) is 0 Å². The molecule has 0 saturated heterocycles. The van der Waals surface area contributed by atoms with E-state index in [1.54, 1.807) is 12.1 Å². The highest BCUT2D eigenvalue weighted by atomic mass is 16.3. The van der Waals surface area contributed by atoms with Crippen molar-refractivity contribution in [1.29, 1.82) is 0 Å². The van der Waals surface area contributed by atoms with Crippen molar-refractivity contribution in [2.75, 3.05) is 5.32 Å². The second-order valence-electron chi connectivity index (χ2n) is 6.49. The number of nitrogens with zero attached hydrogens (tertiary/aromatic N) is 2. The quantitative estimate of drug-likeness (QED) is 0.808. The Morgan fingerprint density at radius 1 is 1.30 bits per heavy atom. The first kappa shape index (κ1) is 15.5. The van der Waals surface area contributed by atoms with Crippen LogP contribution in [-0.4, -0.2) is 32.1 Å². The molecule has 23 heavy (non-hydrogen) atoms. The number of rotatable bonds is 4.